The summed E-state index contributed by atoms with van der Waals surface area (Å²) in [4.78, 5) is 0.0883. The van der Waals surface area contributed by atoms with Gasteiger partial charge in [0.25, 0.3) is 0 Å². The molecule has 0 spiro atoms. The van der Waals surface area contributed by atoms with Crippen molar-refractivity contribution in [2.75, 3.05) is 13.1 Å². The van der Waals surface area contributed by atoms with Crippen molar-refractivity contribution in [2.45, 2.75) is 30.1 Å². The fourth-order valence-electron chi connectivity index (χ4n) is 3.14. The van der Waals surface area contributed by atoms with Crippen LogP contribution in [-0.4, -0.2) is 25.8 Å². The molecular formula is C18H19Cl2NO2S. The zero-order chi connectivity index (χ0) is 17.2. The van der Waals surface area contributed by atoms with Gasteiger partial charge in [-0.2, -0.15) is 4.31 Å². The number of rotatable bonds is 3. The Kier molecular flexibility index (Phi) is 5.50. The molecule has 1 atom stereocenters. The molecule has 1 unspecified atom stereocenters. The molecule has 3 rings (SSSR count). The Morgan fingerprint density at radius 2 is 1.75 bits per heavy atom. The van der Waals surface area contributed by atoms with Crippen LogP contribution in [0.3, 0.4) is 0 Å². The highest BCUT2D eigenvalue weighted by atomic mass is 35.5. The van der Waals surface area contributed by atoms with Crippen molar-refractivity contribution >= 4 is 33.2 Å². The molecule has 1 aliphatic heterocycles. The largest absolute Gasteiger partial charge is 0.244 e. The Morgan fingerprint density at radius 3 is 2.50 bits per heavy atom. The SMILES string of the molecule is O=S(=O)(c1cc(Cl)ccc1Cl)N1CCCCC(c2ccccc2)C1. The Labute approximate surface area is 153 Å². The molecule has 24 heavy (non-hydrogen) atoms. The highest BCUT2D eigenvalue weighted by Gasteiger charge is 2.31. The highest BCUT2D eigenvalue weighted by Crippen LogP contribution is 2.32. The Bertz CT molecular complexity index is 809. The standard InChI is InChI=1S/C18H19Cl2NO2S/c19-16-9-10-17(20)18(12-16)24(22,23)21-11-5-4-8-15(13-21)14-6-2-1-3-7-14/h1-3,6-7,9-10,12,15H,4-5,8,11,13H2. The third kappa shape index (κ3) is 3.77. The van der Waals surface area contributed by atoms with Gasteiger partial charge in [-0.15, -0.1) is 0 Å². The summed E-state index contributed by atoms with van der Waals surface area (Å²) in [5, 5.41) is 0.576. The quantitative estimate of drug-likeness (QED) is 0.751. The Morgan fingerprint density at radius 1 is 1.00 bits per heavy atom. The zero-order valence-electron chi connectivity index (χ0n) is 13.2. The van der Waals surface area contributed by atoms with Gasteiger partial charge in [0.15, 0.2) is 0 Å². The van der Waals surface area contributed by atoms with E-state index in [0.717, 1.165) is 19.3 Å². The van der Waals surface area contributed by atoms with Crippen LogP contribution in [0.25, 0.3) is 0 Å². The van der Waals surface area contributed by atoms with Gasteiger partial charge in [-0.05, 0) is 42.5 Å². The van der Waals surface area contributed by atoms with E-state index in [9.17, 15) is 8.42 Å². The van der Waals surface area contributed by atoms with Gasteiger partial charge in [0.2, 0.25) is 10.0 Å². The second-order valence-corrected chi connectivity index (χ2v) is 8.79. The molecule has 1 heterocycles. The molecule has 1 aliphatic rings. The summed E-state index contributed by atoms with van der Waals surface area (Å²) < 4.78 is 27.7. The van der Waals surface area contributed by atoms with Gasteiger partial charge in [-0.25, -0.2) is 8.42 Å². The molecule has 0 aliphatic carbocycles. The molecule has 0 saturated carbocycles. The Balaban J connectivity index is 1.93. The minimum absolute atomic E-state index is 0.0883. The second-order valence-electron chi connectivity index (χ2n) is 6.04. The first-order valence-electron chi connectivity index (χ1n) is 7.98. The van der Waals surface area contributed by atoms with Crippen molar-refractivity contribution in [1.29, 1.82) is 0 Å². The monoisotopic (exact) mass is 383 g/mol. The smallest absolute Gasteiger partial charge is 0.207 e. The Hall–Kier alpha value is -1.07. The number of benzene rings is 2. The maximum atomic E-state index is 13.1. The fourth-order valence-corrected chi connectivity index (χ4v) is 5.40. The number of nitrogens with zero attached hydrogens (tertiary/aromatic N) is 1. The van der Waals surface area contributed by atoms with Crippen LogP contribution in [0.2, 0.25) is 10.0 Å². The molecule has 6 heteroatoms. The van der Waals surface area contributed by atoms with Gasteiger partial charge in [-0.3, -0.25) is 0 Å². The molecule has 0 radical (unpaired) electrons. The summed E-state index contributed by atoms with van der Waals surface area (Å²) in [6, 6.07) is 14.6. The normalized spacial score (nSPS) is 19.8. The molecule has 3 nitrogen and oxygen atoms in total. The van der Waals surface area contributed by atoms with Crippen LogP contribution in [0.15, 0.2) is 53.4 Å². The summed E-state index contributed by atoms with van der Waals surface area (Å²) >= 11 is 12.1. The van der Waals surface area contributed by atoms with Gasteiger partial charge >= 0.3 is 0 Å². The first kappa shape index (κ1) is 17.7. The predicted molar refractivity (Wildman–Crippen MR) is 98.3 cm³/mol. The highest BCUT2D eigenvalue weighted by molar-refractivity contribution is 7.89. The number of halogens is 2. The molecule has 1 saturated heterocycles. The van der Waals surface area contributed by atoms with E-state index in [-0.39, 0.29) is 15.8 Å². The zero-order valence-corrected chi connectivity index (χ0v) is 15.5. The molecule has 2 aromatic rings. The van der Waals surface area contributed by atoms with Crippen molar-refractivity contribution in [2.24, 2.45) is 0 Å². The van der Waals surface area contributed by atoms with E-state index in [4.69, 9.17) is 23.2 Å². The predicted octanol–water partition coefficient (Wildman–Crippen LogP) is 4.95. The number of sulfonamides is 1. The lowest BCUT2D eigenvalue weighted by atomic mass is 9.95. The van der Waals surface area contributed by atoms with E-state index in [1.54, 1.807) is 10.4 Å². The van der Waals surface area contributed by atoms with Crippen LogP contribution >= 0.6 is 23.2 Å². The van der Waals surface area contributed by atoms with Crippen LogP contribution in [0.5, 0.6) is 0 Å². The van der Waals surface area contributed by atoms with Gasteiger partial charge in [0, 0.05) is 18.1 Å². The van der Waals surface area contributed by atoms with Crippen LogP contribution in [0.1, 0.15) is 30.7 Å². The lowest BCUT2D eigenvalue weighted by Gasteiger charge is -2.24. The lowest BCUT2D eigenvalue weighted by Crippen LogP contribution is -2.34. The van der Waals surface area contributed by atoms with Crippen LogP contribution in [0, 0.1) is 0 Å². The van der Waals surface area contributed by atoms with Crippen molar-refractivity contribution < 1.29 is 8.42 Å². The van der Waals surface area contributed by atoms with E-state index >= 15 is 0 Å². The van der Waals surface area contributed by atoms with Crippen LogP contribution < -0.4 is 0 Å². The summed E-state index contributed by atoms with van der Waals surface area (Å²) in [5.41, 5.74) is 1.18. The summed E-state index contributed by atoms with van der Waals surface area (Å²) in [7, 11) is -3.66. The first-order valence-corrected chi connectivity index (χ1v) is 10.2. The molecular weight excluding hydrogens is 365 g/mol. The minimum atomic E-state index is -3.66. The maximum absolute atomic E-state index is 13.1. The molecule has 1 fully saturated rings. The van der Waals surface area contributed by atoms with E-state index in [1.165, 1.54) is 17.7 Å². The van der Waals surface area contributed by atoms with E-state index in [1.807, 2.05) is 18.2 Å². The van der Waals surface area contributed by atoms with Crippen molar-refractivity contribution in [1.82, 2.24) is 4.31 Å². The van der Waals surface area contributed by atoms with Gasteiger partial charge in [-0.1, -0.05) is 60.0 Å². The van der Waals surface area contributed by atoms with Crippen LogP contribution in [-0.2, 0) is 10.0 Å². The van der Waals surface area contributed by atoms with Gasteiger partial charge in [0.1, 0.15) is 4.90 Å². The second kappa shape index (κ2) is 7.44. The topological polar surface area (TPSA) is 37.4 Å². The molecule has 0 aromatic heterocycles. The van der Waals surface area contributed by atoms with E-state index in [2.05, 4.69) is 12.1 Å². The third-order valence-corrected chi connectivity index (χ3v) is 7.00. The van der Waals surface area contributed by atoms with E-state index in [0.29, 0.717) is 18.1 Å². The van der Waals surface area contributed by atoms with Crippen molar-refractivity contribution in [3.05, 3.63) is 64.1 Å². The minimum Gasteiger partial charge on any atom is -0.207 e. The maximum Gasteiger partial charge on any atom is 0.244 e. The summed E-state index contributed by atoms with van der Waals surface area (Å²) in [6.07, 6.45) is 2.84. The van der Waals surface area contributed by atoms with Gasteiger partial charge in [0.05, 0.1) is 5.02 Å². The van der Waals surface area contributed by atoms with Gasteiger partial charge < -0.3 is 0 Å². The summed E-state index contributed by atoms with van der Waals surface area (Å²) in [5.74, 6) is 0.196. The molecule has 128 valence electrons. The fraction of sp³-hybridized carbons (Fsp3) is 0.333. The average Bonchev–Trinajstić information content (AvgIpc) is 2.84. The van der Waals surface area contributed by atoms with E-state index < -0.39 is 10.0 Å². The molecule has 0 N–H and O–H groups in total. The first-order chi connectivity index (χ1) is 11.5. The average molecular weight is 384 g/mol. The number of hydrogen-bond acceptors (Lipinski definition) is 2. The lowest BCUT2D eigenvalue weighted by molar-refractivity contribution is 0.406. The van der Waals surface area contributed by atoms with Crippen LogP contribution in [0.4, 0.5) is 0 Å². The molecule has 0 amide bonds. The third-order valence-electron chi connectivity index (χ3n) is 4.42. The van der Waals surface area contributed by atoms with Crippen molar-refractivity contribution in [3.63, 3.8) is 0 Å². The van der Waals surface area contributed by atoms with Crippen molar-refractivity contribution in [3.8, 4) is 0 Å². The number of hydrogen-bond donors (Lipinski definition) is 0. The summed E-state index contributed by atoms with van der Waals surface area (Å²) in [6.45, 7) is 0.976. The molecule has 2 aromatic carbocycles. The molecule has 0 bridgehead atoms.